The number of rotatable bonds is 4. The Balaban J connectivity index is 2.02. The Morgan fingerprint density at radius 2 is 2.21 bits per heavy atom. The monoisotopic (exact) mass is 281 g/mol. The van der Waals surface area contributed by atoms with Crippen LogP contribution in [-0.2, 0) is 11.3 Å². The van der Waals surface area contributed by atoms with Gasteiger partial charge in [0.25, 0.3) is 0 Å². The van der Waals surface area contributed by atoms with Gasteiger partial charge in [0.15, 0.2) is 0 Å². The van der Waals surface area contributed by atoms with Crippen LogP contribution in [0.5, 0.6) is 0 Å². The number of aromatic nitrogens is 1. The van der Waals surface area contributed by atoms with Gasteiger partial charge in [0, 0.05) is 0 Å². The second-order valence-electron chi connectivity index (χ2n) is 5.05. The quantitative estimate of drug-likeness (QED) is 0.823. The summed E-state index contributed by atoms with van der Waals surface area (Å²) in [6.45, 7) is 2.09. The molecule has 2 rings (SSSR count). The van der Waals surface area contributed by atoms with Crippen molar-refractivity contribution in [3.8, 4) is 0 Å². The third-order valence-corrected chi connectivity index (χ3v) is 4.07. The topological polar surface area (TPSA) is 81.2 Å². The molecule has 1 aliphatic carbocycles. The van der Waals surface area contributed by atoms with Gasteiger partial charge in [-0.1, -0.05) is 31.5 Å². The van der Waals surface area contributed by atoms with Crippen LogP contribution in [0.4, 0.5) is 0 Å². The number of carbonyl (C=O) groups excluding carboxylic acids is 1. The maximum Gasteiger partial charge on any atom is 0.233 e. The number of nitrogens with zero attached hydrogens (tertiary/aromatic N) is 1. The van der Waals surface area contributed by atoms with Gasteiger partial charge in [-0.15, -0.1) is 0 Å². The third-order valence-electron chi connectivity index (χ3n) is 3.68. The zero-order chi connectivity index (χ0) is 13.9. The van der Waals surface area contributed by atoms with Crippen LogP contribution in [0.25, 0.3) is 0 Å². The van der Waals surface area contributed by atoms with Crippen molar-refractivity contribution in [2.75, 3.05) is 0 Å². The van der Waals surface area contributed by atoms with Crippen molar-refractivity contribution >= 4 is 23.1 Å². The minimum Gasteiger partial charge on any atom is -0.444 e. The predicted octanol–water partition coefficient (Wildman–Crippen LogP) is 1.84. The number of hydrogen-bond acceptors (Lipinski definition) is 4. The lowest BCUT2D eigenvalue weighted by atomic mass is 9.73. The largest absolute Gasteiger partial charge is 0.444 e. The smallest absolute Gasteiger partial charge is 0.233 e. The van der Waals surface area contributed by atoms with E-state index in [0.29, 0.717) is 10.9 Å². The first-order valence-corrected chi connectivity index (χ1v) is 6.95. The molecule has 1 aromatic heterocycles. The fourth-order valence-corrected chi connectivity index (χ4v) is 2.85. The molecule has 0 aliphatic heterocycles. The van der Waals surface area contributed by atoms with Gasteiger partial charge < -0.3 is 15.5 Å². The molecule has 5 nitrogen and oxygen atoms in total. The predicted molar refractivity (Wildman–Crippen MR) is 75.4 cm³/mol. The highest BCUT2D eigenvalue weighted by molar-refractivity contribution is 7.80. The normalized spacial score (nSPS) is 17.9. The number of thiocarbonyl (C=S) groups is 1. The summed E-state index contributed by atoms with van der Waals surface area (Å²) in [5.74, 6) is 1.13. The number of nitrogens with two attached hydrogens (primary N) is 1. The van der Waals surface area contributed by atoms with Crippen LogP contribution in [0.15, 0.2) is 10.6 Å². The molecule has 1 fully saturated rings. The molecule has 0 bridgehead atoms. The highest BCUT2D eigenvalue weighted by Crippen LogP contribution is 2.37. The van der Waals surface area contributed by atoms with Crippen molar-refractivity contribution in [2.45, 2.75) is 45.6 Å². The van der Waals surface area contributed by atoms with E-state index in [1.165, 1.54) is 0 Å². The molecule has 0 aromatic carbocycles. The lowest BCUT2D eigenvalue weighted by molar-refractivity contribution is -0.129. The van der Waals surface area contributed by atoms with Crippen LogP contribution < -0.4 is 11.1 Å². The van der Waals surface area contributed by atoms with Crippen LogP contribution in [-0.4, -0.2) is 15.9 Å². The maximum absolute atomic E-state index is 12.4. The minimum absolute atomic E-state index is 0.101. The van der Waals surface area contributed by atoms with E-state index in [1.54, 1.807) is 6.20 Å². The first kappa shape index (κ1) is 14.0. The van der Waals surface area contributed by atoms with Crippen LogP contribution in [0.1, 0.15) is 43.8 Å². The number of carbonyl (C=O) groups is 1. The van der Waals surface area contributed by atoms with Crippen molar-refractivity contribution in [1.29, 1.82) is 0 Å². The van der Waals surface area contributed by atoms with Crippen molar-refractivity contribution in [3.05, 3.63) is 17.8 Å². The van der Waals surface area contributed by atoms with Gasteiger partial charge >= 0.3 is 0 Å². The van der Waals surface area contributed by atoms with E-state index in [2.05, 4.69) is 10.3 Å². The van der Waals surface area contributed by atoms with Crippen molar-refractivity contribution in [2.24, 2.45) is 11.1 Å². The lowest BCUT2D eigenvalue weighted by Gasteiger charge is -2.34. The van der Waals surface area contributed by atoms with Crippen molar-refractivity contribution in [1.82, 2.24) is 10.3 Å². The first-order valence-electron chi connectivity index (χ1n) is 6.54. The first-order chi connectivity index (χ1) is 9.04. The molecule has 1 aliphatic rings. The minimum atomic E-state index is -0.685. The number of aryl methyl sites for hydroxylation is 1. The van der Waals surface area contributed by atoms with Gasteiger partial charge in [-0.3, -0.25) is 4.79 Å². The number of nitrogens with one attached hydrogen (secondary N) is 1. The molecule has 1 heterocycles. The Labute approximate surface area is 117 Å². The zero-order valence-electron chi connectivity index (χ0n) is 11.1. The molecule has 19 heavy (non-hydrogen) atoms. The van der Waals surface area contributed by atoms with E-state index < -0.39 is 5.41 Å². The lowest BCUT2D eigenvalue weighted by Crippen LogP contribution is -2.49. The second kappa shape index (κ2) is 5.69. The highest BCUT2D eigenvalue weighted by Gasteiger charge is 2.42. The molecular weight excluding hydrogens is 262 g/mol. The highest BCUT2D eigenvalue weighted by atomic mass is 32.1. The van der Waals surface area contributed by atoms with Gasteiger partial charge in [0.05, 0.1) is 23.1 Å². The summed E-state index contributed by atoms with van der Waals surface area (Å²) in [7, 11) is 0. The van der Waals surface area contributed by atoms with Crippen LogP contribution in [0.3, 0.4) is 0 Å². The Morgan fingerprint density at radius 3 is 2.74 bits per heavy atom. The molecule has 1 amide bonds. The Hall–Kier alpha value is -1.43. The van der Waals surface area contributed by atoms with E-state index in [1.807, 2.05) is 6.92 Å². The zero-order valence-corrected chi connectivity index (χ0v) is 11.9. The Morgan fingerprint density at radius 1 is 1.53 bits per heavy atom. The molecule has 1 saturated carbocycles. The van der Waals surface area contributed by atoms with Gasteiger partial charge in [-0.2, -0.15) is 0 Å². The Kier molecular flexibility index (Phi) is 4.19. The molecule has 6 heteroatoms. The van der Waals surface area contributed by atoms with Gasteiger partial charge in [0.2, 0.25) is 11.8 Å². The molecule has 3 N–H and O–H groups in total. The van der Waals surface area contributed by atoms with Crippen LogP contribution in [0, 0.1) is 12.3 Å². The molecule has 1 aromatic rings. The maximum atomic E-state index is 12.4. The summed E-state index contributed by atoms with van der Waals surface area (Å²) in [5, 5.41) is 2.84. The fraction of sp³-hybridized carbons (Fsp3) is 0.615. The van der Waals surface area contributed by atoms with Crippen LogP contribution >= 0.6 is 12.2 Å². The molecule has 0 unspecified atom stereocenters. The van der Waals surface area contributed by atoms with E-state index >= 15 is 0 Å². The summed E-state index contributed by atoms with van der Waals surface area (Å²) >= 11 is 5.12. The van der Waals surface area contributed by atoms with Crippen LogP contribution in [0.2, 0.25) is 0 Å². The molecule has 104 valence electrons. The molecule has 0 spiro atoms. The number of oxazole rings is 1. The SMILES string of the molecule is Cc1cnc(CNC(=O)C2(C(N)=S)CCCCC2)o1. The number of amides is 1. The number of hydrogen-bond donors (Lipinski definition) is 2. The molecule has 0 atom stereocenters. The summed E-state index contributed by atoms with van der Waals surface area (Å²) < 4.78 is 5.32. The van der Waals surface area contributed by atoms with Crippen molar-refractivity contribution in [3.63, 3.8) is 0 Å². The summed E-state index contributed by atoms with van der Waals surface area (Å²) in [4.78, 5) is 16.7. The van der Waals surface area contributed by atoms with E-state index in [-0.39, 0.29) is 12.5 Å². The third kappa shape index (κ3) is 2.94. The van der Waals surface area contributed by atoms with Gasteiger partial charge in [-0.25, -0.2) is 4.98 Å². The Bertz CT molecular complexity index is 478. The van der Waals surface area contributed by atoms with E-state index in [4.69, 9.17) is 22.4 Å². The van der Waals surface area contributed by atoms with Gasteiger partial charge in [0.1, 0.15) is 5.76 Å². The standard InChI is InChI=1S/C13H19N3O2S/c1-9-7-15-10(18-9)8-16-12(17)13(11(14)19)5-3-2-4-6-13/h7H,2-6,8H2,1H3,(H2,14,19)(H,16,17). The van der Waals surface area contributed by atoms with Gasteiger partial charge in [-0.05, 0) is 19.8 Å². The average molecular weight is 281 g/mol. The molecule has 0 radical (unpaired) electrons. The fourth-order valence-electron chi connectivity index (χ4n) is 2.55. The summed E-state index contributed by atoms with van der Waals surface area (Å²) in [5.41, 5.74) is 5.12. The average Bonchev–Trinajstić information content (AvgIpc) is 2.82. The van der Waals surface area contributed by atoms with Crippen molar-refractivity contribution < 1.29 is 9.21 Å². The summed E-state index contributed by atoms with van der Waals surface area (Å²) in [6.07, 6.45) is 6.21. The molecular formula is C13H19N3O2S. The summed E-state index contributed by atoms with van der Waals surface area (Å²) in [6, 6.07) is 0. The van der Waals surface area contributed by atoms with E-state index in [9.17, 15) is 4.79 Å². The molecule has 0 saturated heterocycles. The van der Waals surface area contributed by atoms with E-state index in [0.717, 1.165) is 37.9 Å². The second-order valence-corrected chi connectivity index (χ2v) is 5.49.